The van der Waals surface area contributed by atoms with Gasteiger partial charge < -0.3 is 35.6 Å². The van der Waals surface area contributed by atoms with Crippen LogP contribution in [0.2, 0.25) is 0 Å². The van der Waals surface area contributed by atoms with Crippen molar-refractivity contribution >= 4 is 46.5 Å². The van der Waals surface area contributed by atoms with Crippen LogP contribution >= 0.6 is 12.2 Å². The number of carbonyl (C=O) groups is 1. The van der Waals surface area contributed by atoms with E-state index in [0.29, 0.717) is 5.69 Å². The number of hydrogen-bond acceptors (Lipinski definition) is 3. The van der Waals surface area contributed by atoms with Crippen LogP contribution < -0.4 is 64.4 Å². The van der Waals surface area contributed by atoms with Crippen molar-refractivity contribution in [3.05, 3.63) is 40.8 Å². The maximum Gasteiger partial charge on any atom is 1.00 e. The molecule has 0 saturated carbocycles. The van der Waals surface area contributed by atoms with Crippen molar-refractivity contribution in [3.63, 3.8) is 0 Å². The Balaban J connectivity index is 0. The first kappa shape index (κ1) is 20.8. The zero-order valence-corrected chi connectivity index (χ0v) is 16.1. The fourth-order valence-electron chi connectivity index (χ4n) is 1.02. The number of hydrogen-bond donors (Lipinski definition) is 1. The Kier molecular flexibility index (Phi) is 11.8. The van der Waals surface area contributed by atoms with Gasteiger partial charge in [-0.1, -0.05) is 17.7 Å². The number of rotatable bonds is 3. The standard InChI is InChI=1S/C11H9N2OS2.2Na/c1-7-2-4-8(5-3-7)13-10(14)9(6-12)11(15)16;;/h2-5H,1H3,(H,13,14)(H,15,16);;/q-1;2*+1/p-1. The molecule has 0 aliphatic carbocycles. The molecule has 0 aliphatic heterocycles. The normalized spacial score (nSPS) is 8.06. The predicted molar refractivity (Wildman–Crippen MR) is 71.7 cm³/mol. The first-order chi connectivity index (χ1) is 7.54. The van der Waals surface area contributed by atoms with E-state index < -0.39 is 5.91 Å². The summed E-state index contributed by atoms with van der Waals surface area (Å²) < 4.78 is -0.118. The molecule has 0 fully saturated rings. The quantitative estimate of drug-likeness (QED) is 0.203. The third-order valence-corrected chi connectivity index (χ3v) is 2.26. The second-order valence-corrected chi connectivity index (χ2v) is 4.17. The molecule has 0 saturated heterocycles. The van der Waals surface area contributed by atoms with Crippen LogP contribution in [0.1, 0.15) is 5.56 Å². The van der Waals surface area contributed by atoms with E-state index in [2.05, 4.69) is 30.2 Å². The number of nitrogens with one attached hydrogen (secondary N) is 1. The van der Waals surface area contributed by atoms with Gasteiger partial charge in [-0.2, -0.15) is 0 Å². The minimum Gasteiger partial charge on any atom is -0.763 e. The molecule has 0 spiro atoms. The van der Waals surface area contributed by atoms with Gasteiger partial charge in [0.25, 0.3) is 5.91 Å². The van der Waals surface area contributed by atoms with Gasteiger partial charge in [-0.05, 0) is 19.1 Å². The van der Waals surface area contributed by atoms with Crippen LogP contribution in [-0.4, -0.2) is 16.0 Å². The SMILES string of the molecule is Cc1ccc(NC(=O)C(=C=[N-])C(=S)[S-])cc1.[Na+].[Na+]. The van der Waals surface area contributed by atoms with Crippen LogP contribution in [0.4, 0.5) is 5.69 Å². The second kappa shape index (κ2) is 10.3. The molecule has 0 atom stereocenters. The molecule has 1 amide bonds. The summed E-state index contributed by atoms with van der Waals surface area (Å²) in [6.45, 7) is 1.94. The van der Waals surface area contributed by atoms with E-state index >= 15 is 0 Å². The molecular formula is C11H8N2Na2OS2. The Morgan fingerprint density at radius 1 is 1.33 bits per heavy atom. The van der Waals surface area contributed by atoms with Crippen molar-refractivity contribution < 1.29 is 63.9 Å². The van der Waals surface area contributed by atoms with Gasteiger partial charge in [0.05, 0.1) is 0 Å². The third kappa shape index (κ3) is 6.57. The molecule has 1 aromatic rings. The molecule has 3 nitrogen and oxygen atoms in total. The van der Waals surface area contributed by atoms with Crippen LogP contribution in [0.15, 0.2) is 29.8 Å². The van der Waals surface area contributed by atoms with E-state index in [-0.39, 0.29) is 68.9 Å². The van der Waals surface area contributed by atoms with Crippen LogP contribution in [0.5, 0.6) is 0 Å². The van der Waals surface area contributed by atoms with Crippen molar-refractivity contribution in [2.24, 2.45) is 0 Å². The van der Waals surface area contributed by atoms with Crippen molar-refractivity contribution in [2.45, 2.75) is 6.92 Å². The van der Waals surface area contributed by atoms with Crippen LogP contribution in [0.25, 0.3) is 5.41 Å². The van der Waals surface area contributed by atoms with Gasteiger partial charge in [0, 0.05) is 11.3 Å². The van der Waals surface area contributed by atoms with Gasteiger partial charge in [-0.15, -0.1) is 4.20 Å². The monoisotopic (exact) mass is 294 g/mol. The van der Waals surface area contributed by atoms with Crippen molar-refractivity contribution in [3.8, 4) is 0 Å². The first-order valence-corrected chi connectivity index (χ1v) is 5.22. The van der Waals surface area contributed by atoms with Crippen LogP contribution in [0.3, 0.4) is 0 Å². The van der Waals surface area contributed by atoms with Crippen molar-refractivity contribution in [1.82, 2.24) is 0 Å². The van der Waals surface area contributed by atoms with Crippen LogP contribution in [0, 0.1) is 6.92 Å². The van der Waals surface area contributed by atoms with Gasteiger partial charge in [0.1, 0.15) is 0 Å². The average molecular weight is 294 g/mol. The third-order valence-electron chi connectivity index (χ3n) is 1.85. The van der Waals surface area contributed by atoms with Gasteiger partial charge >= 0.3 is 59.1 Å². The fraction of sp³-hybridized carbons (Fsp3) is 0.0909. The van der Waals surface area contributed by atoms with Crippen molar-refractivity contribution in [1.29, 1.82) is 0 Å². The summed E-state index contributed by atoms with van der Waals surface area (Å²) in [4.78, 5) is 11.5. The molecule has 0 aromatic heterocycles. The van der Waals surface area contributed by atoms with E-state index in [1.54, 1.807) is 18.0 Å². The largest absolute Gasteiger partial charge is 1.00 e. The number of nitrogens with zero attached hydrogens (tertiary/aromatic N) is 1. The smallest absolute Gasteiger partial charge is 0.763 e. The Bertz CT molecular complexity index is 482. The molecular weight excluding hydrogens is 286 g/mol. The molecule has 0 unspecified atom stereocenters. The minimum absolute atomic E-state index is 0. The molecule has 0 radical (unpaired) electrons. The summed E-state index contributed by atoms with van der Waals surface area (Å²) in [5.41, 5.74) is 1.49. The maximum atomic E-state index is 11.5. The molecule has 0 heterocycles. The summed E-state index contributed by atoms with van der Waals surface area (Å²) in [6, 6.07) is 7.20. The maximum absolute atomic E-state index is 11.5. The van der Waals surface area contributed by atoms with Gasteiger partial charge in [0.15, 0.2) is 0 Å². The molecule has 1 aromatic carbocycles. The Hall–Kier alpha value is 0.450. The molecule has 1 rings (SSSR count). The zero-order chi connectivity index (χ0) is 12.1. The van der Waals surface area contributed by atoms with Crippen LogP contribution in [-0.2, 0) is 17.4 Å². The molecule has 7 heteroatoms. The second-order valence-electron chi connectivity index (χ2n) is 3.09. The van der Waals surface area contributed by atoms with E-state index in [9.17, 15) is 4.79 Å². The molecule has 18 heavy (non-hydrogen) atoms. The van der Waals surface area contributed by atoms with E-state index in [1.165, 1.54) is 0 Å². The Morgan fingerprint density at radius 3 is 2.22 bits per heavy atom. The van der Waals surface area contributed by atoms with Gasteiger partial charge in [-0.25, -0.2) is 0 Å². The summed E-state index contributed by atoms with van der Waals surface area (Å²) in [5.74, 6) is 1.13. The number of aryl methyl sites for hydroxylation is 1. The van der Waals surface area contributed by atoms with Crippen molar-refractivity contribution in [2.75, 3.05) is 5.32 Å². The summed E-state index contributed by atoms with van der Waals surface area (Å²) >= 11 is 9.25. The average Bonchev–Trinajstić information content (AvgIpc) is 2.22. The number of carbonyl (C=O) groups excluding carboxylic acids is 1. The molecule has 0 bridgehead atoms. The number of anilines is 1. The zero-order valence-electron chi connectivity index (χ0n) is 10.5. The summed E-state index contributed by atoms with van der Waals surface area (Å²) in [7, 11) is 0. The Morgan fingerprint density at radius 2 is 1.83 bits per heavy atom. The van der Waals surface area contributed by atoms with E-state index in [4.69, 9.17) is 5.41 Å². The van der Waals surface area contributed by atoms with Gasteiger partial charge in [-0.3, -0.25) is 10.7 Å². The molecule has 0 aliphatic rings. The number of thiocarbonyl (C=S) groups is 1. The number of amides is 1. The predicted octanol–water partition coefficient (Wildman–Crippen LogP) is -4.02. The van der Waals surface area contributed by atoms with E-state index in [0.717, 1.165) is 5.56 Å². The Labute approximate surface area is 161 Å². The summed E-state index contributed by atoms with van der Waals surface area (Å²) in [5, 5.41) is 11.2. The van der Waals surface area contributed by atoms with E-state index in [1.807, 2.05) is 19.1 Å². The fourth-order valence-corrected chi connectivity index (χ4v) is 1.30. The summed E-state index contributed by atoms with van der Waals surface area (Å²) in [6.07, 6.45) is 0. The van der Waals surface area contributed by atoms with Gasteiger partial charge in [0.2, 0.25) is 0 Å². The first-order valence-electron chi connectivity index (χ1n) is 4.41. The molecule has 1 N–H and O–H groups in total. The minimum atomic E-state index is -0.564. The number of benzene rings is 1. The molecule has 82 valence electrons. The topological polar surface area (TPSA) is 51.4 Å².